The summed E-state index contributed by atoms with van der Waals surface area (Å²) in [6, 6.07) is 9.66. The first-order chi connectivity index (χ1) is 9.45. The Morgan fingerprint density at radius 2 is 1.70 bits per heavy atom. The first-order valence-corrected chi connectivity index (χ1v) is 6.71. The van der Waals surface area contributed by atoms with Crippen LogP contribution < -0.4 is 5.73 Å². The molecule has 20 heavy (non-hydrogen) atoms. The summed E-state index contributed by atoms with van der Waals surface area (Å²) in [7, 11) is 0. The number of nitrogens with two attached hydrogens (primary N) is 1. The molecule has 0 heterocycles. The molecule has 0 aliphatic heterocycles. The molecular formula is C17H19F2N. The molecule has 0 radical (unpaired) electrons. The summed E-state index contributed by atoms with van der Waals surface area (Å²) in [5, 5.41) is 0. The zero-order valence-electron chi connectivity index (χ0n) is 11.8. The molecule has 1 nitrogen and oxygen atoms in total. The second-order valence-electron chi connectivity index (χ2n) is 5.32. The maximum Gasteiger partial charge on any atom is 0.129 e. The molecular weight excluding hydrogens is 256 g/mol. The van der Waals surface area contributed by atoms with Crippen molar-refractivity contribution in [3.63, 3.8) is 0 Å². The van der Waals surface area contributed by atoms with E-state index in [2.05, 4.69) is 26.0 Å². The average molecular weight is 275 g/mol. The summed E-state index contributed by atoms with van der Waals surface area (Å²) < 4.78 is 26.4. The maximum atomic E-state index is 13.6. The van der Waals surface area contributed by atoms with E-state index in [-0.39, 0.29) is 6.04 Å². The van der Waals surface area contributed by atoms with Crippen LogP contribution in [-0.4, -0.2) is 6.04 Å². The molecule has 2 rings (SSSR count). The summed E-state index contributed by atoms with van der Waals surface area (Å²) in [6.07, 6.45) is 1.08. The van der Waals surface area contributed by atoms with E-state index < -0.39 is 11.6 Å². The van der Waals surface area contributed by atoms with E-state index in [9.17, 15) is 8.78 Å². The van der Waals surface area contributed by atoms with Crippen LogP contribution in [0, 0.1) is 25.5 Å². The van der Waals surface area contributed by atoms with Crippen LogP contribution in [0.5, 0.6) is 0 Å². The highest BCUT2D eigenvalue weighted by Crippen LogP contribution is 2.15. The van der Waals surface area contributed by atoms with Gasteiger partial charge in [0.2, 0.25) is 0 Å². The lowest BCUT2D eigenvalue weighted by atomic mass is 9.97. The third-order valence-corrected chi connectivity index (χ3v) is 3.57. The molecule has 1 atom stereocenters. The summed E-state index contributed by atoms with van der Waals surface area (Å²) in [6.45, 7) is 4.12. The molecule has 2 aromatic carbocycles. The molecule has 0 spiro atoms. The van der Waals surface area contributed by atoms with Gasteiger partial charge >= 0.3 is 0 Å². The lowest BCUT2D eigenvalue weighted by Crippen LogP contribution is -2.26. The van der Waals surface area contributed by atoms with E-state index in [1.165, 1.54) is 23.3 Å². The van der Waals surface area contributed by atoms with Gasteiger partial charge in [0, 0.05) is 12.1 Å². The van der Waals surface area contributed by atoms with Gasteiger partial charge in [0.05, 0.1) is 0 Å². The van der Waals surface area contributed by atoms with Crippen molar-refractivity contribution in [1.29, 1.82) is 0 Å². The first kappa shape index (κ1) is 14.7. The van der Waals surface area contributed by atoms with Gasteiger partial charge in [-0.25, -0.2) is 8.78 Å². The number of rotatable bonds is 4. The highest BCUT2D eigenvalue weighted by atomic mass is 19.1. The third kappa shape index (κ3) is 3.64. The van der Waals surface area contributed by atoms with Crippen molar-refractivity contribution < 1.29 is 8.78 Å². The van der Waals surface area contributed by atoms with Crippen molar-refractivity contribution in [2.45, 2.75) is 32.7 Å². The summed E-state index contributed by atoms with van der Waals surface area (Å²) in [5.41, 5.74) is 10.1. The molecule has 0 fully saturated rings. The molecule has 0 aromatic heterocycles. The van der Waals surface area contributed by atoms with Crippen molar-refractivity contribution >= 4 is 0 Å². The topological polar surface area (TPSA) is 26.0 Å². The van der Waals surface area contributed by atoms with Crippen LogP contribution in [0.4, 0.5) is 8.78 Å². The van der Waals surface area contributed by atoms with Gasteiger partial charge in [0.25, 0.3) is 0 Å². The van der Waals surface area contributed by atoms with Gasteiger partial charge < -0.3 is 5.73 Å². The molecule has 3 heteroatoms. The van der Waals surface area contributed by atoms with E-state index in [1.54, 1.807) is 0 Å². The molecule has 1 unspecified atom stereocenters. The Bertz CT molecular complexity index is 608. The molecule has 2 N–H and O–H groups in total. The van der Waals surface area contributed by atoms with Crippen molar-refractivity contribution in [1.82, 2.24) is 0 Å². The van der Waals surface area contributed by atoms with Gasteiger partial charge in [-0.05, 0) is 55.0 Å². The lowest BCUT2D eigenvalue weighted by Gasteiger charge is -2.13. The molecule has 0 bridgehead atoms. The minimum absolute atomic E-state index is 0.183. The fourth-order valence-electron chi connectivity index (χ4n) is 2.28. The lowest BCUT2D eigenvalue weighted by molar-refractivity contribution is 0.558. The van der Waals surface area contributed by atoms with E-state index in [1.807, 2.05) is 6.07 Å². The number of hydrogen-bond acceptors (Lipinski definition) is 1. The summed E-state index contributed by atoms with van der Waals surface area (Å²) >= 11 is 0. The molecule has 0 amide bonds. The SMILES string of the molecule is Cc1ccc(CC(N)Cc2ccc(F)cc2F)cc1C. The zero-order valence-corrected chi connectivity index (χ0v) is 11.8. The van der Waals surface area contributed by atoms with Crippen molar-refractivity contribution in [3.05, 3.63) is 70.3 Å². The van der Waals surface area contributed by atoms with E-state index >= 15 is 0 Å². The minimum atomic E-state index is -0.561. The molecule has 0 aliphatic rings. The Hall–Kier alpha value is -1.74. The Labute approximate surface area is 118 Å². The number of hydrogen-bond donors (Lipinski definition) is 1. The van der Waals surface area contributed by atoms with Crippen LogP contribution in [0.3, 0.4) is 0 Å². The normalized spacial score (nSPS) is 12.4. The molecule has 0 saturated carbocycles. The van der Waals surface area contributed by atoms with E-state index in [0.717, 1.165) is 11.6 Å². The average Bonchev–Trinajstić information content (AvgIpc) is 2.37. The molecule has 2 aromatic rings. The van der Waals surface area contributed by atoms with Gasteiger partial charge in [-0.15, -0.1) is 0 Å². The second-order valence-corrected chi connectivity index (χ2v) is 5.32. The van der Waals surface area contributed by atoms with E-state index in [0.29, 0.717) is 18.4 Å². The van der Waals surface area contributed by atoms with Crippen molar-refractivity contribution in [2.24, 2.45) is 5.73 Å². The van der Waals surface area contributed by atoms with Gasteiger partial charge in [-0.2, -0.15) is 0 Å². The Kier molecular flexibility index (Phi) is 4.50. The molecule has 0 saturated heterocycles. The van der Waals surface area contributed by atoms with Crippen molar-refractivity contribution in [2.75, 3.05) is 0 Å². The number of halogens is 2. The van der Waals surface area contributed by atoms with Crippen LogP contribution in [0.1, 0.15) is 22.3 Å². The van der Waals surface area contributed by atoms with Crippen LogP contribution in [0.2, 0.25) is 0 Å². The van der Waals surface area contributed by atoms with Crippen molar-refractivity contribution in [3.8, 4) is 0 Å². The summed E-state index contributed by atoms with van der Waals surface area (Å²) in [4.78, 5) is 0. The Balaban J connectivity index is 2.04. The van der Waals surface area contributed by atoms with Gasteiger partial charge in [0.1, 0.15) is 11.6 Å². The van der Waals surface area contributed by atoms with Gasteiger partial charge in [-0.1, -0.05) is 24.3 Å². The minimum Gasteiger partial charge on any atom is -0.327 e. The standard InChI is InChI=1S/C17H19F2N/c1-11-3-4-13(7-12(11)2)8-16(20)9-14-5-6-15(18)10-17(14)19/h3-7,10,16H,8-9,20H2,1-2H3. The third-order valence-electron chi connectivity index (χ3n) is 3.57. The van der Waals surface area contributed by atoms with Crippen LogP contribution in [0.25, 0.3) is 0 Å². The molecule has 0 aliphatic carbocycles. The maximum absolute atomic E-state index is 13.6. The highest BCUT2D eigenvalue weighted by molar-refractivity contribution is 5.30. The van der Waals surface area contributed by atoms with Crippen LogP contribution in [0.15, 0.2) is 36.4 Å². The monoisotopic (exact) mass is 275 g/mol. The Morgan fingerprint density at radius 1 is 0.950 bits per heavy atom. The van der Waals surface area contributed by atoms with E-state index in [4.69, 9.17) is 5.73 Å². The second kappa shape index (κ2) is 6.14. The molecule has 106 valence electrons. The highest BCUT2D eigenvalue weighted by Gasteiger charge is 2.10. The summed E-state index contributed by atoms with van der Waals surface area (Å²) in [5.74, 6) is -1.09. The van der Waals surface area contributed by atoms with Gasteiger partial charge in [-0.3, -0.25) is 0 Å². The van der Waals surface area contributed by atoms with Crippen LogP contribution >= 0.6 is 0 Å². The number of benzene rings is 2. The predicted octanol–water partition coefficient (Wildman–Crippen LogP) is 3.69. The largest absolute Gasteiger partial charge is 0.327 e. The predicted molar refractivity (Wildman–Crippen MR) is 77.7 cm³/mol. The first-order valence-electron chi connectivity index (χ1n) is 6.71. The Morgan fingerprint density at radius 3 is 2.35 bits per heavy atom. The van der Waals surface area contributed by atoms with Crippen LogP contribution in [-0.2, 0) is 12.8 Å². The fraction of sp³-hybridized carbons (Fsp3) is 0.294. The number of aryl methyl sites for hydroxylation is 2. The fourth-order valence-corrected chi connectivity index (χ4v) is 2.28. The quantitative estimate of drug-likeness (QED) is 0.904. The zero-order chi connectivity index (χ0) is 14.7. The smallest absolute Gasteiger partial charge is 0.129 e. The van der Waals surface area contributed by atoms with Gasteiger partial charge in [0.15, 0.2) is 0 Å².